The van der Waals surface area contributed by atoms with Gasteiger partial charge < -0.3 is 10.2 Å². The van der Waals surface area contributed by atoms with Crippen molar-refractivity contribution in [3.63, 3.8) is 0 Å². The zero-order chi connectivity index (χ0) is 16.9. The first-order valence-electron chi connectivity index (χ1n) is 8.74. The van der Waals surface area contributed by atoms with Crippen molar-refractivity contribution in [3.8, 4) is 5.69 Å². The summed E-state index contributed by atoms with van der Waals surface area (Å²) in [4.78, 5) is 14.7. The number of aryl methyl sites for hydroxylation is 1. The second-order valence-electron chi connectivity index (χ2n) is 6.58. The van der Waals surface area contributed by atoms with Crippen LogP contribution in [0.5, 0.6) is 0 Å². The molecule has 0 saturated carbocycles. The first-order valence-corrected chi connectivity index (χ1v) is 8.74. The maximum atomic E-state index is 12.7. The highest BCUT2D eigenvalue weighted by Crippen LogP contribution is 2.22. The Kier molecular flexibility index (Phi) is 7.02. The van der Waals surface area contributed by atoms with Crippen molar-refractivity contribution < 1.29 is 4.79 Å². The number of piperidine rings is 1. The van der Waals surface area contributed by atoms with Crippen LogP contribution >= 0.6 is 12.4 Å². The van der Waals surface area contributed by atoms with Crippen LogP contribution in [0, 0.1) is 12.8 Å². The fourth-order valence-corrected chi connectivity index (χ4v) is 3.27. The Bertz CT molecular complexity index is 675. The Morgan fingerprint density at radius 3 is 2.44 bits per heavy atom. The largest absolute Gasteiger partial charge is 0.339 e. The fraction of sp³-hybridized carbons (Fsp3) is 0.474. The van der Waals surface area contributed by atoms with Crippen molar-refractivity contribution in [3.05, 3.63) is 47.8 Å². The molecule has 0 radical (unpaired) electrons. The van der Waals surface area contributed by atoms with Crippen LogP contribution in [-0.2, 0) is 0 Å². The van der Waals surface area contributed by atoms with E-state index in [1.807, 2.05) is 60.1 Å². The van der Waals surface area contributed by atoms with E-state index in [1.165, 1.54) is 6.42 Å². The van der Waals surface area contributed by atoms with Crippen molar-refractivity contribution >= 4 is 18.3 Å². The van der Waals surface area contributed by atoms with Gasteiger partial charge in [-0.2, -0.15) is 5.10 Å². The predicted molar refractivity (Wildman–Crippen MR) is 103 cm³/mol. The Labute approximate surface area is 155 Å². The average Bonchev–Trinajstić information content (AvgIpc) is 3.06. The zero-order valence-electron chi connectivity index (χ0n) is 14.9. The number of likely N-dealkylation sites (tertiary alicyclic amines) is 1. The van der Waals surface area contributed by atoms with Crippen molar-refractivity contribution in [1.82, 2.24) is 20.0 Å². The molecule has 1 aliphatic heterocycles. The lowest BCUT2D eigenvalue weighted by Crippen LogP contribution is -2.38. The number of hydrogen-bond acceptors (Lipinski definition) is 3. The van der Waals surface area contributed by atoms with Gasteiger partial charge in [-0.15, -0.1) is 12.4 Å². The summed E-state index contributed by atoms with van der Waals surface area (Å²) in [5, 5.41) is 7.60. The monoisotopic (exact) mass is 362 g/mol. The quantitative estimate of drug-likeness (QED) is 0.889. The minimum atomic E-state index is 0. The molecule has 1 fully saturated rings. The number of carbonyl (C=O) groups is 1. The van der Waals surface area contributed by atoms with Gasteiger partial charge in [-0.25, -0.2) is 4.68 Å². The summed E-state index contributed by atoms with van der Waals surface area (Å²) in [6.45, 7) is 4.77. The van der Waals surface area contributed by atoms with Crippen molar-refractivity contribution in [2.75, 3.05) is 26.7 Å². The zero-order valence-corrected chi connectivity index (χ0v) is 15.8. The van der Waals surface area contributed by atoms with Gasteiger partial charge in [-0.3, -0.25) is 4.79 Å². The molecule has 0 spiro atoms. The molecular formula is C19H27ClN4O. The van der Waals surface area contributed by atoms with Gasteiger partial charge in [0.25, 0.3) is 5.91 Å². The predicted octanol–water partition coefficient (Wildman–Crippen LogP) is 3.06. The molecule has 1 aromatic heterocycles. The van der Waals surface area contributed by atoms with Crippen molar-refractivity contribution in [1.29, 1.82) is 0 Å². The smallest absolute Gasteiger partial charge is 0.253 e. The van der Waals surface area contributed by atoms with Gasteiger partial charge in [-0.1, -0.05) is 0 Å². The van der Waals surface area contributed by atoms with Gasteiger partial charge in [0.15, 0.2) is 0 Å². The van der Waals surface area contributed by atoms with Crippen LogP contribution < -0.4 is 5.32 Å². The molecule has 0 bridgehead atoms. The summed E-state index contributed by atoms with van der Waals surface area (Å²) in [5.74, 6) is 0.886. The van der Waals surface area contributed by atoms with Crippen LogP contribution in [-0.4, -0.2) is 47.3 Å². The summed E-state index contributed by atoms with van der Waals surface area (Å²) >= 11 is 0. The minimum Gasteiger partial charge on any atom is -0.339 e. The Balaban J connectivity index is 0.00000225. The molecule has 0 atom stereocenters. The number of amides is 1. The summed E-state index contributed by atoms with van der Waals surface area (Å²) in [6, 6.07) is 9.69. The molecule has 1 N–H and O–H groups in total. The molecule has 1 amide bonds. The van der Waals surface area contributed by atoms with Crippen LogP contribution in [0.3, 0.4) is 0 Å². The van der Waals surface area contributed by atoms with E-state index in [9.17, 15) is 4.79 Å². The number of nitrogens with one attached hydrogen (secondary N) is 1. The van der Waals surface area contributed by atoms with Crippen LogP contribution in [0.15, 0.2) is 36.5 Å². The SMILES string of the molecule is CNCCC1CCN(C(=O)c2ccc(-n3ccc(C)n3)cc2)CC1.Cl. The lowest BCUT2D eigenvalue weighted by atomic mass is 9.93. The summed E-state index contributed by atoms with van der Waals surface area (Å²) < 4.78 is 1.83. The van der Waals surface area contributed by atoms with E-state index >= 15 is 0 Å². The second kappa shape index (κ2) is 9.02. The van der Waals surface area contributed by atoms with Crippen molar-refractivity contribution in [2.45, 2.75) is 26.2 Å². The highest BCUT2D eigenvalue weighted by atomic mass is 35.5. The highest BCUT2D eigenvalue weighted by Gasteiger charge is 2.23. The van der Waals surface area contributed by atoms with Gasteiger partial charge in [0.2, 0.25) is 0 Å². The molecule has 6 heteroatoms. The number of carbonyl (C=O) groups excluding carboxylic acids is 1. The number of nitrogens with zero attached hydrogens (tertiary/aromatic N) is 3. The molecule has 3 rings (SSSR count). The minimum absolute atomic E-state index is 0. The number of benzene rings is 1. The first kappa shape index (κ1) is 19.5. The van der Waals surface area contributed by atoms with Gasteiger partial charge >= 0.3 is 0 Å². The van der Waals surface area contributed by atoms with Gasteiger partial charge in [0.05, 0.1) is 11.4 Å². The Morgan fingerprint density at radius 1 is 1.20 bits per heavy atom. The summed E-state index contributed by atoms with van der Waals surface area (Å²) in [7, 11) is 1.99. The lowest BCUT2D eigenvalue weighted by molar-refractivity contribution is 0.0687. The molecule has 0 aliphatic carbocycles. The molecule has 0 unspecified atom stereocenters. The normalized spacial score (nSPS) is 15.0. The summed E-state index contributed by atoms with van der Waals surface area (Å²) in [6.07, 6.45) is 5.36. The number of halogens is 1. The van der Waals surface area contributed by atoms with E-state index in [1.54, 1.807) is 0 Å². The van der Waals surface area contributed by atoms with E-state index in [4.69, 9.17) is 0 Å². The van der Waals surface area contributed by atoms with E-state index in [0.717, 1.165) is 55.3 Å². The molecule has 1 aromatic carbocycles. The third kappa shape index (κ3) is 4.83. The van der Waals surface area contributed by atoms with E-state index in [2.05, 4.69) is 10.4 Å². The topological polar surface area (TPSA) is 50.2 Å². The van der Waals surface area contributed by atoms with Crippen LogP contribution in [0.1, 0.15) is 35.3 Å². The third-order valence-electron chi connectivity index (χ3n) is 4.81. The number of rotatable bonds is 5. The molecule has 136 valence electrons. The maximum Gasteiger partial charge on any atom is 0.253 e. The first-order chi connectivity index (χ1) is 11.7. The van der Waals surface area contributed by atoms with Gasteiger partial charge in [-0.05, 0) is 76.0 Å². The molecular weight excluding hydrogens is 336 g/mol. The molecule has 1 saturated heterocycles. The highest BCUT2D eigenvalue weighted by molar-refractivity contribution is 5.94. The van der Waals surface area contributed by atoms with E-state index in [-0.39, 0.29) is 18.3 Å². The van der Waals surface area contributed by atoms with Crippen LogP contribution in [0.2, 0.25) is 0 Å². The standard InChI is InChI=1S/C19H26N4O.ClH/c1-15-8-14-23(21-15)18-5-3-17(4-6-18)19(24)22-12-9-16(10-13-22)7-11-20-2;/h3-6,8,14,16,20H,7,9-13H2,1-2H3;1H. The van der Waals surface area contributed by atoms with Gasteiger partial charge in [0.1, 0.15) is 0 Å². The maximum absolute atomic E-state index is 12.7. The molecule has 2 heterocycles. The van der Waals surface area contributed by atoms with E-state index < -0.39 is 0 Å². The van der Waals surface area contributed by atoms with Gasteiger partial charge in [0, 0.05) is 24.8 Å². The second-order valence-corrected chi connectivity index (χ2v) is 6.58. The molecule has 2 aromatic rings. The van der Waals surface area contributed by atoms with Crippen LogP contribution in [0.25, 0.3) is 5.69 Å². The Hall–Kier alpha value is -1.85. The molecule has 5 nitrogen and oxygen atoms in total. The third-order valence-corrected chi connectivity index (χ3v) is 4.81. The van der Waals surface area contributed by atoms with E-state index in [0.29, 0.717) is 0 Å². The molecule has 25 heavy (non-hydrogen) atoms. The summed E-state index contributed by atoms with van der Waals surface area (Å²) in [5.41, 5.74) is 2.72. The van der Waals surface area contributed by atoms with Crippen molar-refractivity contribution in [2.24, 2.45) is 5.92 Å². The number of hydrogen-bond donors (Lipinski definition) is 1. The Morgan fingerprint density at radius 2 is 1.88 bits per heavy atom. The number of aromatic nitrogens is 2. The van der Waals surface area contributed by atoms with Crippen LogP contribution in [0.4, 0.5) is 0 Å². The fourth-order valence-electron chi connectivity index (χ4n) is 3.27. The lowest BCUT2D eigenvalue weighted by Gasteiger charge is -2.32. The molecule has 1 aliphatic rings. The average molecular weight is 363 g/mol.